The number of ether oxygens (including phenoxy) is 1. The number of benzene rings is 2. The number of rotatable bonds is 6. The molecular weight excluding hydrogens is 318 g/mol. The summed E-state index contributed by atoms with van der Waals surface area (Å²) >= 11 is 0. The summed E-state index contributed by atoms with van der Waals surface area (Å²) in [5.74, 6) is 0. The van der Waals surface area contributed by atoms with E-state index < -0.39 is 0 Å². The van der Waals surface area contributed by atoms with Crippen molar-refractivity contribution in [2.75, 3.05) is 31.2 Å². The maximum absolute atomic E-state index is 11.8. The average Bonchev–Trinajstić information content (AvgIpc) is 2.68. The van der Waals surface area contributed by atoms with Gasteiger partial charge in [-0.2, -0.15) is 0 Å². The minimum Gasteiger partial charge on any atom is -0.378 e. The van der Waals surface area contributed by atoms with Crippen molar-refractivity contribution in [3.63, 3.8) is 0 Å². The number of morpholine rings is 1. The minimum atomic E-state index is -0.354. The zero-order valence-corrected chi connectivity index (χ0v) is 14.1. The zero-order valence-electron chi connectivity index (χ0n) is 14.1. The lowest BCUT2D eigenvalue weighted by Crippen LogP contribution is -2.36. The van der Waals surface area contributed by atoms with Crippen LogP contribution in [0.15, 0.2) is 54.6 Å². The van der Waals surface area contributed by atoms with Crippen molar-refractivity contribution < 1.29 is 14.4 Å². The number of nitrogens with zero attached hydrogens (tertiary/aromatic N) is 1. The topological polar surface area (TPSA) is 62.8 Å². The Morgan fingerprint density at radius 3 is 2.44 bits per heavy atom. The van der Waals surface area contributed by atoms with E-state index in [1.54, 1.807) is 0 Å². The van der Waals surface area contributed by atoms with Gasteiger partial charge in [-0.3, -0.25) is 4.84 Å². The van der Waals surface area contributed by atoms with E-state index in [9.17, 15) is 4.79 Å². The number of urea groups is 1. The lowest BCUT2D eigenvalue weighted by atomic mass is 10.2. The van der Waals surface area contributed by atoms with Crippen molar-refractivity contribution in [1.29, 1.82) is 0 Å². The summed E-state index contributed by atoms with van der Waals surface area (Å²) < 4.78 is 5.36. The fourth-order valence-corrected chi connectivity index (χ4v) is 2.62. The Morgan fingerprint density at radius 2 is 1.72 bits per heavy atom. The van der Waals surface area contributed by atoms with Gasteiger partial charge in [0.1, 0.15) is 0 Å². The molecule has 2 aromatic rings. The first-order valence-corrected chi connectivity index (χ1v) is 8.42. The predicted octanol–water partition coefficient (Wildman–Crippen LogP) is 2.45. The second-order valence-corrected chi connectivity index (χ2v) is 5.82. The van der Waals surface area contributed by atoms with Crippen LogP contribution in [0.25, 0.3) is 0 Å². The zero-order chi connectivity index (χ0) is 17.3. The van der Waals surface area contributed by atoms with Gasteiger partial charge in [-0.05, 0) is 23.3 Å². The summed E-state index contributed by atoms with van der Waals surface area (Å²) in [5, 5.41) is 2.78. The lowest BCUT2D eigenvalue weighted by molar-refractivity contribution is 0.0490. The first kappa shape index (κ1) is 17.3. The molecule has 2 aromatic carbocycles. The van der Waals surface area contributed by atoms with E-state index in [-0.39, 0.29) is 6.03 Å². The van der Waals surface area contributed by atoms with E-state index in [0.29, 0.717) is 13.2 Å². The van der Waals surface area contributed by atoms with Crippen LogP contribution in [0.5, 0.6) is 0 Å². The van der Waals surface area contributed by atoms with Crippen LogP contribution in [-0.4, -0.2) is 32.3 Å². The van der Waals surface area contributed by atoms with Gasteiger partial charge in [0, 0.05) is 25.3 Å². The summed E-state index contributed by atoms with van der Waals surface area (Å²) in [4.78, 5) is 19.2. The third-order valence-corrected chi connectivity index (χ3v) is 4.01. The molecule has 0 bridgehead atoms. The summed E-state index contributed by atoms with van der Waals surface area (Å²) in [5.41, 5.74) is 5.61. The molecule has 132 valence electrons. The quantitative estimate of drug-likeness (QED) is 0.792. The van der Waals surface area contributed by atoms with E-state index in [2.05, 4.69) is 27.8 Å². The van der Waals surface area contributed by atoms with E-state index in [4.69, 9.17) is 9.57 Å². The lowest BCUT2D eigenvalue weighted by Gasteiger charge is -2.28. The van der Waals surface area contributed by atoms with Crippen LogP contribution in [0, 0.1) is 0 Å². The molecule has 1 fully saturated rings. The second kappa shape index (κ2) is 9.05. The third-order valence-electron chi connectivity index (χ3n) is 4.01. The first-order valence-electron chi connectivity index (χ1n) is 8.42. The Morgan fingerprint density at radius 1 is 1.00 bits per heavy atom. The van der Waals surface area contributed by atoms with Crippen LogP contribution in [-0.2, 0) is 22.7 Å². The molecule has 0 aliphatic carbocycles. The standard InChI is InChI=1S/C19H23N3O3/c23-19(21-25-15-17-4-2-1-3-5-17)20-14-16-6-8-18(9-7-16)22-10-12-24-13-11-22/h1-9H,10-15H2,(H2,20,21,23). The van der Waals surface area contributed by atoms with Crippen LogP contribution < -0.4 is 15.7 Å². The van der Waals surface area contributed by atoms with Crippen molar-refractivity contribution >= 4 is 11.7 Å². The van der Waals surface area contributed by atoms with E-state index >= 15 is 0 Å². The van der Waals surface area contributed by atoms with Crippen molar-refractivity contribution in [3.8, 4) is 0 Å². The fraction of sp³-hybridized carbons (Fsp3) is 0.316. The molecule has 25 heavy (non-hydrogen) atoms. The van der Waals surface area contributed by atoms with Gasteiger partial charge in [-0.1, -0.05) is 42.5 Å². The molecule has 3 rings (SSSR count). The maximum atomic E-state index is 11.8. The van der Waals surface area contributed by atoms with Gasteiger partial charge in [0.2, 0.25) is 0 Å². The molecule has 6 nitrogen and oxygen atoms in total. The van der Waals surface area contributed by atoms with Gasteiger partial charge in [0.25, 0.3) is 0 Å². The number of hydrogen-bond acceptors (Lipinski definition) is 4. The number of hydrogen-bond donors (Lipinski definition) is 2. The van der Waals surface area contributed by atoms with Crippen molar-refractivity contribution in [2.24, 2.45) is 0 Å². The van der Waals surface area contributed by atoms with Gasteiger partial charge >= 0.3 is 6.03 Å². The van der Waals surface area contributed by atoms with Crippen molar-refractivity contribution in [2.45, 2.75) is 13.2 Å². The molecule has 0 unspecified atom stereocenters. The second-order valence-electron chi connectivity index (χ2n) is 5.82. The normalized spacial score (nSPS) is 14.2. The average molecular weight is 341 g/mol. The molecule has 1 aliphatic heterocycles. The van der Waals surface area contributed by atoms with Crippen LogP contribution in [0.2, 0.25) is 0 Å². The molecule has 6 heteroatoms. The smallest absolute Gasteiger partial charge is 0.338 e. The molecule has 1 saturated heterocycles. The maximum Gasteiger partial charge on any atom is 0.338 e. The Labute approximate surface area is 147 Å². The SMILES string of the molecule is O=C(NCc1ccc(N2CCOCC2)cc1)NOCc1ccccc1. The predicted molar refractivity (Wildman–Crippen MR) is 96.1 cm³/mol. The van der Waals surface area contributed by atoms with Gasteiger partial charge in [0.05, 0.1) is 19.8 Å². The first-order chi connectivity index (χ1) is 12.3. The van der Waals surface area contributed by atoms with Crippen molar-refractivity contribution in [3.05, 3.63) is 65.7 Å². The van der Waals surface area contributed by atoms with Crippen LogP contribution in [0.3, 0.4) is 0 Å². The van der Waals surface area contributed by atoms with Crippen LogP contribution in [0.1, 0.15) is 11.1 Å². The minimum absolute atomic E-state index is 0.336. The van der Waals surface area contributed by atoms with E-state index in [1.165, 1.54) is 5.69 Å². The Balaban J connectivity index is 1.38. The highest BCUT2D eigenvalue weighted by atomic mass is 16.7. The highest BCUT2D eigenvalue weighted by Crippen LogP contribution is 2.16. The molecular formula is C19H23N3O3. The monoisotopic (exact) mass is 341 g/mol. The molecule has 2 N–H and O–H groups in total. The van der Waals surface area contributed by atoms with Crippen LogP contribution >= 0.6 is 0 Å². The number of carbonyl (C=O) groups is 1. The molecule has 2 amide bonds. The summed E-state index contributed by atoms with van der Waals surface area (Å²) in [6.07, 6.45) is 0. The Hall–Kier alpha value is -2.57. The molecule has 0 spiro atoms. The van der Waals surface area contributed by atoms with Gasteiger partial charge < -0.3 is 15.0 Å². The number of amides is 2. The molecule has 0 aromatic heterocycles. The highest BCUT2D eigenvalue weighted by Gasteiger charge is 2.10. The number of carbonyl (C=O) groups excluding carboxylic acids is 1. The third kappa shape index (κ3) is 5.48. The largest absolute Gasteiger partial charge is 0.378 e. The Kier molecular flexibility index (Phi) is 6.25. The summed E-state index contributed by atoms with van der Waals surface area (Å²) in [6.45, 7) is 4.16. The van der Waals surface area contributed by atoms with Crippen molar-refractivity contribution in [1.82, 2.24) is 10.8 Å². The van der Waals surface area contributed by atoms with E-state index in [0.717, 1.165) is 37.4 Å². The molecule has 0 radical (unpaired) electrons. The molecule has 1 aliphatic rings. The number of nitrogens with one attached hydrogen (secondary N) is 2. The molecule has 1 heterocycles. The molecule has 0 atom stereocenters. The van der Waals surface area contributed by atoms with Crippen LogP contribution in [0.4, 0.5) is 10.5 Å². The van der Waals surface area contributed by atoms with Gasteiger partial charge in [-0.15, -0.1) is 0 Å². The molecule has 0 saturated carbocycles. The summed E-state index contributed by atoms with van der Waals surface area (Å²) in [7, 11) is 0. The number of hydroxylamine groups is 1. The Bertz CT molecular complexity index is 655. The summed E-state index contributed by atoms with van der Waals surface area (Å²) in [6, 6.07) is 17.5. The fourth-order valence-electron chi connectivity index (χ4n) is 2.62. The van der Waals surface area contributed by atoms with Gasteiger partial charge in [0.15, 0.2) is 0 Å². The van der Waals surface area contributed by atoms with E-state index in [1.807, 2.05) is 42.5 Å². The van der Waals surface area contributed by atoms with Gasteiger partial charge in [-0.25, -0.2) is 10.3 Å². The number of anilines is 1. The highest BCUT2D eigenvalue weighted by molar-refractivity contribution is 5.72.